The molecule has 2 amide bonds. The monoisotopic (exact) mass is 457 g/mol. The molecule has 1 atom stereocenters. The molecule has 0 radical (unpaired) electrons. The second kappa shape index (κ2) is 9.55. The highest BCUT2D eigenvalue weighted by Crippen LogP contribution is 2.37. The molecule has 0 aliphatic carbocycles. The molecule has 3 N–H and O–H groups in total. The van der Waals surface area contributed by atoms with Crippen molar-refractivity contribution in [3.8, 4) is 0 Å². The number of carbonyl (C=O) groups is 2. The highest BCUT2D eigenvalue weighted by molar-refractivity contribution is 6.09. The van der Waals surface area contributed by atoms with E-state index in [1.165, 1.54) is 0 Å². The van der Waals surface area contributed by atoms with Gasteiger partial charge in [-0.1, -0.05) is 49.7 Å². The van der Waals surface area contributed by atoms with Crippen LogP contribution in [-0.2, 0) is 4.79 Å². The number of nitrogens with one attached hydrogen (secondary N) is 3. The number of nitrogens with zero attached hydrogens (tertiary/aromatic N) is 2. The molecule has 2 heterocycles. The number of hydrogen-bond acceptors (Lipinski definition) is 4. The van der Waals surface area contributed by atoms with Gasteiger partial charge in [0, 0.05) is 17.1 Å². The number of anilines is 3. The van der Waals surface area contributed by atoms with E-state index < -0.39 is 0 Å². The third-order valence-corrected chi connectivity index (χ3v) is 5.98. The van der Waals surface area contributed by atoms with Gasteiger partial charge in [-0.2, -0.15) is 5.10 Å². The van der Waals surface area contributed by atoms with Crippen molar-refractivity contribution in [2.75, 3.05) is 16.0 Å². The molecular formula is C27H31N5O2. The maximum absolute atomic E-state index is 13.5. The molecule has 34 heavy (non-hydrogen) atoms. The number of aromatic nitrogens is 2. The Labute approximate surface area is 200 Å². The molecule has 1 aromatic heterocycles. The number of aryl methyl sites for hydroxylation is 2. The van der Waals surface area contributed by atoms with Crippen molar-refractivity contribution in [1.82, 2.24) is 9.78 Å². The number of para-hydroxylation sites is 1. The average Bonchev–Trinajstić information content (AvgIpc) is 3.20. The Morgan fingerprint density at radius 1 is 1.03 bits per heavy atom. The molecule has 1 aliphatic rings. The molecule has 1 aliphatic heterocycles. The van der Waals surface area contributed by atoms with Crippen molar-refractivity contribution in [3.63, 3.8) is 0 Å². The van der Waals surface area contributed by atoms with Crippen molar-refractivity contribution in [3.05, 3.63) is 82.7 Å². The molecule has 7 nitrogen and oxygen atoms in total. The van der Waals surface area contributed by atoms with Gasteiger partial charge in [0.15, 0.2) is 0 Å². The minimum atomic E-state index is -0.291. The molecule has 0 saturated carbocycles. The largest absolute Gasteiger partial charge is 0.343 e. The van der Waals surface area contributed by atoms with Gasteiger partial charge < -0.3 is 16.0 Å². The second-order valence-electron chi connectivity index (χ2n) is 9.25. The zero-order chi connectivity index (χ0) is 24.4. The van der Waals surface area contributed by atoms with Crippen LogP contribution in [0.4, 0.5) is 17.2 Å². The fraction of sp³-hybridized carbons (Fsp3) is 0.296. The summed E-state index contributed by atoms with van der Waals surface area (Å²) in [7, 11) is 0. The summed E-state index contributed by atoms with van der Waals surface area (Å²) in [5.74, 6) is 0.497. The van der Waals surface area contributed by atoms with E-state index in [9.17, 15) is 9.59 Å². The predicted molar refractivity (Wildman–Crippen MR) is 136 cm³/mol. The summed E-state index contributed by atoms with van der Waals surface area (Å²) in [6.07, 6.45) is 2.27. The third kappa shape index (κ3) is 4.73. The highest BCUT2D eigenvalue weighted by atomic mass is 16.2. The Balaban J connectivity index is 1.65. The Kier molecular flexibility index (Phi) is 6.54. The third-order valence-electron chi connectivity index (χ3n) is 5.98. The molecule has 4 rings (SSSR count). The molecule has 3 aromatic rings. The summed E-state index contributed by atoms with van der Waals surface area (Å²) in [4.78, 5) is 26.5. The Hall–Kier alpha value is -3.87. The van der Waals surface area contributed by atoms with E-state index in [4.69, 9.17) is 0 Å². The predicted octanol–water partition coefficient (Wildman–Crippen LogP) is 5.68. The topological polar surface area (TPSA) is 88.0 Å². The quantitative estimate of drug-likeness (QED) is 0.444. The fourth-order valence-corrected chi connectivity index (χ4v) is 4.36. The van der Waals surface area contributed by atoms with Gasteiger partial charge in [0.1, 0.15) is 11.4 Å². The fourth-order valence-electron chi connectivity index (χ4n) is 4.36. The smallest absolute Gasteiger partial charge is 0.261 e. The van der Waals surface area contributed by atoms with Gasteiger partial charge in [-0.3, -0.25) is 9.59 Å². The van der Waals surface area contributed by atoms with E-state index in [-0.39, 0.29) is 17.9 Å². The van der Waals surface area contributed by atoms with E-state index in [1.807, 2.05) is 69.3 Å². The lowest BCUT2D eigenvalue weighted by Gasteiger charge is -2.31. The minimum Gasteiger partial charge on any atom is -0.343 e. The number of fused-ring (bicyclic) bond motifs is 1. The lowest BCUT2D eigenvalue weighted by molar-refractivity contribution is -0.113. The van der Waals surface area contributed by atoms with E-state index in [2.05, 4.69) is 34.9 Å². The summed E-state index contributed by atoms with van der Waals surface area (Å²) in [5.41, 5.74) is 5.43. The first-order chi connectivity index (χ1) is 16.2. The van der Waals surface area contributed by atoms with Crippen molar-refractivity contribution in [2.24, 2.45) is 5.92 Å². The van der Waals surface area contributed by atoms with Crippen LogP contribution in [0, 0.1) is 19.8 Å². The van der Waals surface area contributed by atoms with Gasteiger partial charge in [0.05, 0.1) is 17.8 Å². The van der Waals surface area contributed by atoms with Crippen LogP contribution in [0.25, 0.3) is 0 Å². The normalized spacial score (nSPS) is 15.1. The second-order valence-corrected chi connectivity index (χ2v) is 9.25. The van der Waals surface area contributed by atoms with Crippen LogP contribution in [0.1, 0.15) is 54.7 Å². The number of hydrogen-bond donors (Lipinski definition) is 3. The van der Waals surface area contributed by atoms with Crippen LogP contribution >= 0.6 is 0 Å². The molecule has 0 unspecified atom stereocenters. The van der Waals surface area contributed by atoms with Gasteiger partial charge in [0.2, 0.25) is 0 Å². The number of allylic oxidation sites excluding steroid dienone is 1. The van der Waals surface area contributed by atoms with Crippen LogP contribution in [0.15, 0.2) is 66.0 Å². The standard InChI is InChI=1S/C27H31N5O2/c1-16(2)13-23-24(27(34)31-22-12-11-17(3)14-18(22)4)19(5)29-25-21(15-28-32(23)25)26(33)30-20-9-7-6-8-10-20/h6-12,14-16,23,29H,13H2,1-5H3,(H,30,33)(H,31,34)/t23-/m0/s1. The first kappa shape index (κ1) is 23.3. The number of amides is 2. The Morgan fingerprint density at radius 3 is 2.44 bits per heavy atom. The summed E-state index contributed by atoms with van der Waals surface area (Å²) in [5, 5.41) is 13.8. The number of rotatable bonds is 6. The first-order valence-corrected chi connectivity index (χ1v) is 11.5. The van der Waals surface area contributed by atoms with Crippen LogP contribution in [0.3, 0.4) is 0 Å². The highest BCUT2D eigenvalue weighted by Gasteiger charge is 2.34. The number of benzene rings is 2. The van der Waals surface area contributed by atoms with Gasteiger partial charge in [0.25, 0.3) is 11.8 Å². The zero-order valence-electron chi connectivity index (χ0n) is 20.3. The lowest BCUT2D eigenvalue weighted by Crippen LogP contribution is -2.32. The molecule has 2 aromatic carbocycles. The van der Waals surface area contributed by atoms with E-state index >= 15 is 0 Å². The van der Waals surface area contributed by atoms with Crippen molar-refractivity contribution < 1.29 is 9.59 Å². The SMILES string of the molecule is CC1=C(C(=O)Nc2ccc(C)cc2C)[C@H](CC(C)C)n2ncc(C(=O)Nc3ccccc3)c2N1. The number of carbonyl (C=O) groups excluding carboxylic acids is 2. The average molecular weight is 458 g/mol. The molecule has 7 heteroatoms. The Bertz CT molecular complexity index is 1260. The van der Waals surface area contributed by atoms with Crippen LogP contribution < -0.4 is 16.0 Å². The summed E-state index contributed by atoms with van der Waals surface area (Å²) in [6, 6.07) is 15.0. The van der Waals surface area contributed by atoms with Crippen molar-refractivity contribution in [1.29, 1.82) is 0 Å². The van der Waals surface area contributed by atoms with Gasteiger partial charge in [-0.05, 0) is 56.9 Å². The van der Waals surface area contributed by atoms with Crippen LogP contribution in [0.5, 0.6) is 0 Å². The maximum atomic E-state index is 13.5. The molecule has 0 saturated heterocycles. The zero-order valence-corrected chi connectivity index (χ0v) is 20.3. The Morgan fingerprint density at radius 2 is 1.76 bits per heavy atom. The molecule has 0 fully saturated rings. The van der Waals surface area contributed by atoms with Crippen LogP contribution in [0.2, 0.25) is 0 Å². The maximum Gasteiger partial charge on any atom is 0.261 e. The molecular weight excluding hydrogens is 426 g/mol. The lowest BCUT2D eigenvalue weighted by atomic mass is 9.93. The summed E-state index contributed by atoms with van der Waals surface area (Å²) >= 11 is 0. The summed E-state index contributed by atoms with van der Waals surface area (Å²) in [6.45, 7) is 10.1. The van der Waals surface area contributed by atoms with Gasteiger partial charge in [-0.25, -0.2) is 4.68 Å². The molecule has 176 valence electrons. The van der Waals surface area contributed by atoms with E-state index in [0.29, 0.717) is 35.0 Å². The molecule has 0 bridgehead atoms. The van der Waals surface area contributed by atoms with Crippen molar-refractivity contribution >= 4 is 29.0 Å². The van der Waals surface area contributed by atoms with Gasteiger partial charge >= 0.3 is 0 Å². The first-order valence-electron chi connectivity index (χ1n) is 11.5. The molecule has 0 spiro atoms. The van der Waals surface area contributed by atoms with E-state index in [0.717, 1.165) is 22.5 Å². The van der Waals surface area contributed by atoms with Crippen LogP contribution in [-0.4, -0.2) is 21.6 Å². The van der Waals surface area contributed by atoms with Crippen molar-refractivity contribution in [2.45, 2.75) is 47.1 Å². The van der Waals surface area contributed by atoms with E-state index in [1.54, 1.807) is 10.9 Å². The minimum absolute atomic E-state index is 0.168. The van der Waals surface area contributed by atoms with Gasteiger partial charge in [-0.15, -0.1) is 0 Å². The summed E-state index contributed by atoms with van der Waals surface area (Å²) < 4.78 is 1.77.